The third-order valence-corrected chi connectivity index (χ3v) is 6.77. The molecule has 32 heavy (non-hydrogen) atoms. The first-order valence-electron chi connectivity index (χ1n) is 10.4. The monoisotopic (exact) mass is 452 g/mol. The normalized spacial score (nSPS) is 11.1. The number of sulfonamides is 1. The highest BCUT2D eigenvalue weighted by Gasteiger charge is 2.29. The zero-order valence-corrected chi connectivity index (χ0v) is 19.6. The van der Waals surface area contributed by atoms with Gasteiger partial charge in [0.1, 0.15) is 12.3 Å². The fraction of sp³-hybridized carbons (Fsp3) is 0.240. The van der Waals surface area contributed by atoms with Gasteiger partial charge in [0.2, 0.25) is 5.91 Å². The lowest BCUT2D eigenvalue weighted by Crippen LogP contribution is -2.38. The Kier molecular flexibility index (Phi) is 7.20. The smallest absolute Gasteiger partial charge is 0.264 e. The van der Waals surface area contributed by atoms with Crippen molar-refractivity contribution in [1.29, 1.82) is 0 Å². The first-order chi connectivity index (χ1) is 15.2. The highest BCUT2D eigenvalue weighted by atomic mass is 32.2. The van der Waals surface area contributed by atoms with Gasteiger partial charge < -0.3 is 10.1 Å². The molecule has 0 saturated heterocycles. The van der Waals surface area contributed by atoms with E-state index in [1.807, 2.05) is 45.9 Å². The molecule has 168 valence electrons. The first kappa shape index (κ1) is 23.3. The molecule has 0 radical (unpaired) electrons. The van der Waals surface area contributed by atoms with Gasteiger partial charge in [0, 0.05) is 5.69 Å². The van der Waals surface area contributed by atoms with E-state index in [2.05, 4.69) is 5.32 Å². The van der Waals surface area contributed by atoms with Crippen molar-refractivity contribution >= 4 is 27.3 Å². The van der Waals surface area contributed by atoms with Crippen LogP contribution >= 0.6 is 0 Å². The third kappa shape index (κ3) is 5.29. The molecular formula is C25H28N2O4S. The van der Waals surface area contributed by atoms with Gasteiger partial charge in [-0.2, -0.15) is 0 Å². The van der Waals surface area contributed by atoms with Crippen molar-refractivity contribution in [3.8, 4) is 5.75 Å². The molecule has 6 nitrogen and oxygen atoms in total. The molecule has 3 aromatic rings. The van der Waals surface area contributed by atoms with Crippen molar-refractivity contribution in [2.24, 2.45) is 0 Å². The van der Waals surface area contributed by atoms with Gasteiger partial charge >= 0.3 is 0 Å². The second-order valence-electron chi connectivity index (χ2n) is 7.59. The quantitative estimate of drug-likeness (QED) is 0.530. The van der Waals surface area contributed by atoms with Gasteiger partial charge in [-0.1, -0.05) is 42.0 Å². The van der Waals surface area contributed by atoms with E-state index in [1.54, 1.807) is 48.5 Å². The molecule has 0 bridgehead atoms. The van der Waals surface area contributed by atoms with Gasteiger partial charge in [-0.3, -0.25) is 9.10 Å². The number of amides is 1. The number of rotatable bonds is 8. The highest BCUT2D eigenvalue weighted by molar-refractivity contribution is 7.92. The van der Waals surface area contributed by atoms with Crippen LogP contribution in [0.15, 0.2) is 71.6 Å². The summed E-state index contributed by atoms with van der Waals surface area (Å²) in [7, 11) is -4.02. The second-order valence-corrected chi connectivity index (χ2v) is 9.45. The Hall–Kier alpha value is -3.32. The van der Waals surface area contributed by atoms with Crippen LogP contribution in [0.2, 0.25) is 0 Å². The van der Waals surface area contributed by atoms with E-state index < -0.39 is 22.5 Å². The molecule has 0 unspecified atom stereocenters. The number of para-hydroxylation sites is 2. The van der Waals surface area contributed by atoms with E-state index in [9.17, 15) is 13.2 Å². The molecule has 0 spiro atoms. The Morgan fingerprint density at radius 3 is 2.28 bits per heavy atom. The molecule has 0 aromatic heterocycles. The average Bonchev–Trinajstić information content (AvgIpc) is 2.76. The Morgan fingerprint density at radius 2 is 1.59 bits per heavy atom. The van der Waals surface area contributed by atoms with Gasteiger partial charge in [-0.25, -0.2) is 8.42 Å². The molecule has 3 aromatic carbocycles. The summed E-state index contributed by atoms with van der Waals surface area (Å²) in [6.07, 6.45) is 0. The van der Waals surface area contributed by atoms with Crippen LogP contribution in [0, 0.1) is 20.8 Å². The van der Waals surface area contributed by atoms with Crippen LogP contribution in [0.3, 0.4) is 0 Å². The van der Waals surface area contributed by atoms with Crippen molar-refractivity contribution < 1.29 is 17.9 Å². The van der Waals surface area contributed by atoms with Crippen molar-refractivity contribution in [3.05, 3.63) is 83.4 Å². The molecular weight excluding hydrogens is 424 g/mol. The molecule has 0 aliphatic carbocycles. The van der Waals surface area contributed by atoms with Crippen LogP contribution < -0.4 is 14.4 Å². The predicted octanol–water partition coefficient (Wildman–Crippen LogP) is 4.84. The Labute approximate surface area is 189 Å². The third-order valence-electron chi connectivity index (χ3n) is 5.00. The molecule has 0 aliphatic heterocycles. The minimum Gasteiger partial charge on any atom is -0.492 e. The van der Waals surface area contributed by atoms with E-state index in [-0.39, 0.29) is 4.90 Å². The van der Waals surface area contributed by atoms with Crippen LogP contribution in [-0.4, -0.2) is 27.5 Å². The van der Waals surface area contributed by atoms with Gasteiger partial charge in [0.25, 0.3) is 10.0 Å². The summed E-state index contributed by atoms with van der Waals surface area (Å²) in [5.74, 6) is -0.0501. The van der Waals surface area contributed by atoms with Gasteiger partial charge in [-0.05, 0) is 69.2 Å². The number of ether oxygens (including phenoxy) is 1. The molecule has 0 saturated carbocycles. The van der Waals surface area contributed by atoms with Crippen molar-refractivity contribution in [2.45, 2.75) is 32.6 Å². The highest BCUT2D eigenvalue weighted by Crippen LogP contribution is 2.32. The van der Waals surface area contributed by atoms with Gasteiger partial charge in [0.15, 0.2) is 0 Å². The van der Waals surface area contributed by atoms with Crippen LogP contribution in [0.1, 0.15) is 23.6 Å². The molecule has 0 heterocycles. The lowest BCUT2D eigenvalue weighted by atomic mass is 10.1. The number of hydrogen-bond donors (Lipinski definition) is 1. The number of aryl methyl sites for hydroxylation is 3. The Bertz CT molecular complexity index is 1200. The van der Waals surface area contributed by atoms with E-state index in [1.165, 1.54) is 0 Å². The number of anilines is 2. The van der Waals surface area contributed by atoms with Crippen LogP contribution in [-0.2, 0) is 14.8 Å². The SMILES string of the molecule is CCOc1ccccc1N(CC(=O)Nc1cc(C)ccc1C)S(=O)(=O)c1ccc(C)cc1. The Balaban J connectivity index is 2.02. The molecule has 0 aliphatic rings. The lowest BCUT2D eigenvalue weighted by molar-refractivity contribution is -0.114. The molecule has 0 fully saturated rings. The first-order valence-corrected chi connectivity index (χ1v) is 11.8. The lowest BCUT2D eigenvalue weighted by Gasteiger charge is -2.26. The van der Waals surface area contributed by atoms with E-state index in [0.717, 1.165) is 21.0 Å². The van der Waals surface area contributed by atoms with E-state index in [4.69, 9.17) is 4.74 Å². The summed E-state index contributed by atoms with van der Waals surface area (Å²) in [6, 6.07) is 19.1. The maximum atomic E-state index is 13.6. The number of nitrogens with one attached hydrogen (secondary N) is 1. The number of nitrogens with zero attached hydrogens (tertiary/aromatic N) is 1. The fourth-order valence-electron chi connectivity index (χ4n) is 3.27. The van der Waals surface area contributed by atoms with Gasteiger partial charge in [-0.15, -0.1) is 0 Å². The zero-order chi connectivity index (χ0) is 23.3. The number of hydrogen-bond acceptors (Lipinski definition) is 4. The largest absolute Gasteiger partial charge is 0.492 e. The summed E-state index contributed by atoms with van der Waals surface area (Å²) in [4.78, 5) is 13.1. The maximum absolute atomic E-state index is 13.6. The van der Waals surface area contributed by atoms with Gasteiger partial charge in [0.05, 0.1) is 17.2 Å². The Morgan fingerprint density at radius 1 is 0.938 bits per heavy atom. The standard InChI is InChI=1S/C25H28N2O4S/c1-5-31-24-9-7-6-8-23(24)27(32(29,30)21-14-11-18(2)12-15-21)17-25(28)26-22-16-19(3)10-13-20(22)4/h6-16H,5,17H2,1-4H3,(H,26,28). The number of carbonyl (C=O) groups is 1. The maximum Gasteiger partial charge on any atom is 0.264 e. The molecule has 1 N–H and O–H groups in total. The van der Waals surface area contributed by atoms with Crippen LogP contribution in [0.4, 0.5) is 11.4 Å². The van der Waals surface area contributed by atoms with E-state index >= 15 is 0 Å². The summed E-state index contributed by atoms with van der Waals surface area (Å²) >= 11 is 0. The fourth-order valence-corrected chi connectivity index (χ4v) is 4.70. The summed E-state index contributed by atoms with van der Waals surface area (Å²) in [5.41, 5.74) is 3.80. The van der Waals surface area contributed by atoms with Crippen LogP contribution in [0.5, 0.6) is 5.75 Å². The average molecular weight is 453 g/mol. The second kappa shape index (κ2) is 9.87. The summed E-state index contributed by atoms with van der Waals surface area (Å²) in [5, 5.41) is 2.85. The summed E-state index contributed by atoms with van der Waals surface area (Å²) < 4.78 is 34.0. The molecule has 0 atom stereocenters. The molecule has 3 rings (SSSR count). The van der Waals surface area contributed by atoms with Crippen LogP contribution in [0.25, 0.3) is 0 Å². The minimum absolute atomic E-state index is 0.105. The number of carbonyl (C=O) groups excluding carboxylic acids is 1. The van der Waals surface area contributed by atoms with E-state index in [0.29, 0.717) is 23.7 Å². The predicted molar refractivity (Wildman–Crippen MR) is 128 cm³/mol. The summed E-state index contributed by atoms with van der Waals surface area (Å²) in [6.45, 7) is 7.50. The van der Waals surface area contributed by atoms with Crippen molar-refractivity contribution in [2.75, 3.05) is 22.8 Å². The minimum atomic E-state index is -4.02. The topological polar surface area (TPSA) is 75.7 Å². The van der Waals surface area contributed by atoms with Crippen molar-refractivity contribution in [3.63, 3.8) is 0 Å². The van der Waals surface area contributed by atoms with Crippen molar-refractivity contribution in [1.82, 2.24) is 0 Å². The molecule has 7 heteroatoms. The number of benzene rings is 3. The zero-order valence-electron chi connectivity index (χ0n) is 18.8. The molecule has 1 amide bonds.